The number of benzene rings is 3. The highest BCUT2D eigenvalue weighted by molar-refractivity contribution is 5.98. The van der Waals surface area contributed by atoms with Crippen LogP contribution in [0.3, 0.4) is 0 Å². The molecule has 194 valence electrons. The molecule has 0 saturated carbocycles. The van der Waals surface area contributed by atoms with Gasteiger partial charge in [-0.3, -0.25) is 19.7 Å². The standard InChI is InChI=1S/C28H26N4O6/c1-38-28(35)25(15-18-11-13-21(14-12-18)32(36)37)31-27(34)24(30-26(33)19-7-3-2-4-8-19)16-20-17-29-23-10-6-5-9-22(20)23/h2-14,17,24-25,29H,15-16H2,1H3,(H,30,33)(H,31,34)/t24-,25+/m0/s1. The minimum atomic E-state index is -1.08. The van der Waals surface area contributed by atoms with Gasteiger partial charge in [-0.25, -0.2) is 4.79 Å². The molecule has 0 fully saturated rings. The molecule has 1 aromatic heterocycles. The van der Waals surface area contributed by atoms with E-state index in [0.717, 1.165) is 16.5 Å². The summed E-state index contributed by atoms with van der Waals surface area (Å²) in [5.74, 6) is -1.69. The number of nitrogens with zero attached hydrogens (tertiary/aromatic N) is 1. The number of esters is 1. The van der Waals surface area contributed by atoms with Gasteiger partial charge in [0.15, 0.2) is 0 Å². The zero-order chi connectivity index (χ0) is 27.1. The van der Waals surface area contributed by atoms with Crippen LogP contribution in [0.2, 0.25) is 0 Å². The molecule has 3 N–H and O–H groups in total. The molecule has 10 nitrogen and oxygen atoms in total. The summed E-state index contributed by atoms with van der Waals surface area (Å²) < 4.78 is 4.89. The van der Waals surface area contributed by atoms with Crippen LogP contribution in [0.4, 0.5) is 5.69 Å². The number of aromatic nitrogens is 1. The van der Waals surface area contributed by atoms with E-state index in [1.165, 1.54) is 31.4 Å². The summed E-state index contributed by atoms with van der Waals surface area (Å²) in [6.07, 6.45) is 2.00. The Morgan fingerprint density at radius 2 is 1.58 bits per heavy atom. The molecule has 2 amide bonds. The number of carbonyl (C=O) groups excluding carboxylic acids is 3. The number of methoxy groups -OCH3 is 1. The number of hydrogen-bond donors (Lipinski definition) is 3. The number of nitro benzene ring substituents is 1. The van der Waals surface area contributed by atoms with E-state index in [4.69, 9.17) is 4.74 Å². The first-order chi connectivity index (χ1) is 18.4. The summed E-state index contributed by atoms with van der Waals surface area (Å²) in [5, 5.41) is 17.4. The van der Waals surface area contributed by atoms with Crippen LogP contribution in [0.1, 0.15) is 21.5 Å². The SMILES string of the molecule is COC(=O)[C@@H](Cc1ccc([N+](=O)[O-])cc1)NC(=O)[C@H](Cc1c[nH]c2ccccc12)NC(=O)c1ccccc1. The average molecular weight is 515 g/mol. The lowest BCUT2D eigenvalue weighted by Gasteiger charge is -2.22. The van der Waals surface area contributed by atoms with Gasteiger partial charge in [-0.2, -0.15) is 0 Å². The Kier molecular flexibility index (Phi) is 8.12. The van der Waals surface area contributed by atoms with Crippen LogP contribution in [0.15, 0.2) is 85.1 Å². The topological polar surface area (TPSA) is 143 Å². The predicted molar refractivity (Wildman–Crippen MR) is 140 cm³/mol. The van der Waals surface area contributed by atoms with Crippen molar-refractivity contribution in [1.82, 2.24) is 15.6 Å². The van der Waals surface area contributed by atoms with Crippen molar-refractivity contribution in [1.29, 1.82) is 0 Å². The maximum atomic E-state index is 13.5. The summed E-state index contributed by atoms with van der Waals surface area (Å²) in [4.78, 5) is 52.6. The second-order valence-electron chi connectivity index (χ2n) is 8.67. The molecule has 4 rings (SSSR count). The maximum absolute atomic E-state index is 13.5. The Morgan fingerprint density at radius 3 is 2.26 bits per heavy atom. The summed E-state index contributed by atoms with van der Waals surface area (Å²) in [6.45, 7) is 0. The van der Waals surface area contributed by atoms with Gasteiger partial charge in [-0.1, -0.05) is 48.5 Å². The van der Waals surface area contributed by atoms with Crippen molar-refractivity contribution in [3.8, 4) is 0 Å². The molecule has 10 heteroatoms. The molecule has 0 radical (unpaired) electrons. The molecule has 38 heavy (non-hydrogen) atoms. The van der Waals surface area contributed by atoms with E-state index >= 15 is 0 Å². The van der Waals surface area contributed by atoms with Gasteiger partial charge in [0.1, 0.15) is 12.1 Å². The molecule has 0 aliphatic rings. The molecule has 0 spiro atoms. The van der Waals surface area contributed by atoms with Crippen LogP contribution in [-0.4, -0.2) is 46.9 Å². The van der Waals surface area contributed by atoms with E-state index in [1.54, 1.807) is 36.5 Å². The molecule has 2 atom stereocenters. The number of fused-ring (bicyclic) bond motifs is 1. The van der Waals surface area contributed by atoms with Crippen molar-refractivity contribution >= 4 is 34.4 Å². The average Bonchev–Trinajstić information content (AvgIpc) is 3.35. The van der Waals surface area contributed by atoms with Crippen molar-refractivity contribution in [2.75, 3.05) is 7.11 Å². The first-order valence-corrected chi connectivity index (χ1v) is 11.9. The smallest absolute Gasteiger partial charge is 0.328 e. The number of carbonyl (C=O) groups is 3. The third-order valence-electron chi connectivity index (χ3n) is 6.15. The van der Waals surface area contributed by atoms with Crippen molar-refractivity contribution in [3.05, 3.63) is 112 Å². The van der Waals surface area contributed by atoms with Crippen LogP contribution in [-0.2, 0) is 27.2 Å². The van der Waals surface area contributed by atoms with Gasteiger partial charge in [-0.15, -0.1) is 0 Å². The number of amides is 2. The molecule has 4 aromatic rings. The van der Waals surface area contributed by atoms with E-state index in [-0.39, 0.29) is 18.5 Å². The molecule has 0 saturated heterocycles. The molecule has 0 aliphatic carbocycles. The number of aromatic amines is 1. The second-order valence-corrected chi connectivity index (χ2v) is 8.67. The molecule has 0 bridgehead atoms. The van der Waals surface area contributed by atoms with Crippen molar-refractivity contribution < 1.29 is 24.0 Å². The lowest BCUT2D eigenvalue weighted by Crippen LogP contribution is -2.53. The summed E-state index contributed by atoms with van der Waals surface area (Å²) in [7, 11) is 1.21. The predicted octanol–water partition coefficient (Wildman–Crippen LogP) is 3.32. The summed E-state index contributed by atoms with van der Waals surface area (Å²) in [6, 6.07) is 19.7. The fourth-order valence-electron chi connectivity index (χ4n) is 4.16. The van der Waals surface area contributed by atoms with Gasteiger partial charge >= 0.3 is 5.97 Å². The van der Waals surface area contributed by atoms with Gasteiger partial charge in [0, 0.05) is 47.6 Å². The van der Waals surface area contributed by atoms with Gasteiger partial charge in [0.2, 0.25) is 5.91 Å². The minimum absolute atomic E-state index is 0.0445. The Bertz CT molecular complexity index is 1450. The third-order valence-corrected chi connectivity index (χ3v) is 6.15. The van der Waals surface area contributed by atoms with Gasteiger partial charge in [0.25, 0.3) is 11.6 Å². The van der Waals surface area contributed by atoms with Crippen LogP contribution in [0.5, 0.6) is 0 Å². The molecule has 0 aliphatic heterocycles. The minimum Gasteiger partial charge on any atom is -0.467 e. The van der Waals surface area contributed by atoms with E-state index in [0.29, 0.717) is 11.1 Å². The highest BCUT2D eigenvalue weighted by atomic mass is 16.6. The lowest BCUT2D eigenvalue weighted by atomic mass is 10.0. The summed E-state index contributed by atoms with van der Waals surface area (Å²) in [5.41, 5.74) is 2.60. The number of rotatable bonds is 10. The number of nitro groups is 1. The number of ether oxygens (including phenoxy) is 1. The zero-order valence-corrected chi connectivity index (χ0v) is 20.5. The third kappa shape index (κ3) is 6.22. The molecular formula is C28H26N4O6. The quantitative estimate of drug-likeness (QED) is 0.168. The zero-order valence-electron chi connectivity index (χ0n) is 20.5. The fraction of sp³-hybridized carbons (Fsp3) is 0.179. The van der Waals surface area contributed by atoms with Gasteiger partial charge in [-0.05, 0) is 29.3 Å². The van der Waals surface area contributed by atoms with Gasteiger partial charge in [0.05, 0.1) is 12.0 Å². The van der Waals surface area contributed by atoms with Crippen molar-refractivity contribution in [3.63, 3.8) is 0 Å². The van der Waals surface area contributed by atoms with Crippen LogP contribution < -0.4 is 10.6 Å². The molecule has 1 heterocycles. The Balaban J connectivity index is 1.57. The largest absolute Gasteiger partial charge is 0.467 e. The Morgan fingerprint density at radius 1 is 0.895 bits per heavy atom. The number of H-pyrrole nitrogens is 1. The first kappa shape index (κ1) is 26.1. The maximum Gasteiger partial charge on any atom is 0.328 e. The van der Waals surface area contributed by atoms with E-state index in [1.807, 2.05) is 24.3 Å². The van der Waals surface area contributed by atoms with E-state index in [2.05, 4.69) is 15.6 Å². The Labute approximate surface area is 218 Å². The van der Waals surface area contributed by atoms with Crippen molar-refractivity contribution in [2.24, 2.45) is 0 Å². The van der Waals surface area contributed by atoms with Crippen LogP contribution in [0.25, 0.3) is 10.9 Å². The summed E-state index contributed by atoms with van der Waals surface area (Å²) >= 11 is 0. The molecular weight excluding hydrogens is 488 g/mol. The first-order valence-electron chi connectivity index (χ1n) is 11.9. The van der Waals surface area contributed by atoms with Crippen molar-refractivity contribution in [2.45, 2.75) is 24.9 Å². The highest BCUT2D eigenvalue weighted by Gasteiger charge is 2.29. The van der Waals surface area contributed by atoms with E-state index < -0.39 is 34.8 Å². The normalized spacial score (nSPS) is 12.3. The highest BCUT2D eigenvalue weighted by Crippen LogP contribution is 2.20. The number of nitrogens with one attached hydrogen (secondary N) is 3. The number of hydrogen-bond acceptors (Lipinski definition) is 6. The molecule has 0 unspecified atom stereocenters. The molecule has 3 aromatic carbocycles. The van der Waals surface area contributed by atoms with E-state index in [9.17, 15) is 24.5 Å². The van der Waals surface area contributed by atoms with Gasteiger partial charge < -0.3 is 20.4 Å². The monoisotopic (exact) mass is 514 g/mol. The second kappa shape index (κ2) is 11.8. The fourth-order valence-corrected chi connectivity index (χ4v) is 4.16. The number of non-ortho nitro benzene ring substituents is 1. The van der Waals surface area contributed by atoms with Crippen LogP contribution in [0, 0.1) is 10.1 Å². The lowest BCUT2D eigenvalue weighted by molar-refractivity contribution is -0.384. The number of para-hydroxylation sites is 1. The van der Waals surface area contributed by atoms with Crippen LogP contribution >= 0.6 is 0 Å². The Hall–Kier alpha value is -4.99.